The van der Waals surface area contributed by atoms with Gasteiger partial charge >= 0.3 is 0 Å². The molecule has 0 saturated heterocycles. The zero-order valence-corrected chi connectivity index (χ0v) is 14.3. The summed E-state index contributed by atoms with van der Waals surface area (Å²) in [5, 5.41) is 17.3. The van der Waals surface area contributed by atoms with Gasteiger partial charge in [-0.25, -0.2) is 9.97 Å². The summed E-state index contributed by atoms with van der Waals surface area (Å²) in [6.45, 7) is 1.89. The Morgan fingerprint density at radius 3 is 2.81 bits per heavy atom. The van der Waals surface area contributed by atoms with Gasteiger partial charge in [-0.1, -0.05) is 6.07 Å². The van der Waals surface area contributed by atoms with Crippen molar-refractivity contribution in [1.82, 2.24) is 19.7 Å². The topological polar surface area (TPSA) is 102 Å². The Kier molecular flexibility index (Phi) is 3.80. The van der Waals surface area contributed by atoms with E-state index < -0.39 is 0 Å². The Hall–Kier alpha value is -3.42. The minimum Gasteiger partial charge on any atom is -0.504 e. The Balaban J connectivity index is 1.87. The number of aromatic nitrogens is 4. The Morgan fingerprint density at radius 2 is 2.08 bits per heavy atom. The minimum atomic E-state index is -0.203. The van der Waals surface area contributed by atoms with Crippen LogP contribution in [0.5, 0.6) is 11.5 Å². The number of phenolic OH excluding ortho intramolecular Hbond substituents is 1. The average molecular weight is 351 g/mol. The van der Waals surface area contributed by atoms with E-state index in [0.717, 1.165) is 16.8 Å². The van der Waals surface area contributed by atoms with E-state index >= 15 is 0 Å². The molecule has 26 heavy (non-hydrogen) atoms. The van der Waals surface area contributed by atoms with E-state index in [-0.39, 0.29) is 24.0 Å². The summed E-state index contributed by atoms with van der Waals surface area (Å²) in [7, 11) is 1.49. The van der Waals surface area contributed by atoms with E-state index in [1.807, 2.05) is 6.92 Å². The van der Waals surface area contributed by atoms with E-state index in [9.17, 15) is 9.90 Å². The third-order valence-electron chi connectivity index (χ3n) is 4.45. The van der Waals surface area contributed by atoms with Gasteiger partial charge in [-0.3, -0.25) is 4.79 Å². The molecule has 4 rings (SSSR count). The first-order valence-electron chi connectivity index (χ1n) is 8.12. The zero-order chi connectivity index (χ0) is 18.3. The van der Waals surface area contributed by atoms with Crippen LogP contribution in [0.3, 0.4) is 0 Å². The van der Waals surface area contributed by atoms with Crippen LogP contribution in [0, 0.1) is 6.92 Å². The summed E-state index contributed by atoms with van der Waals surface area (Å²) in [5.74, 6) is 1.06. The van der Waals surface area contributed by atoms with Crippen LogP contribution in [0.2, 0.25) is 0 Å². The smallest absolute Gasteiger partial charge is 0.252 e. The first-order valence-corrected chi connectivity index (χ1v) is 8.12. The molecular weight excluding hydrogens is 334 g/mol. The molecule has 1 aliphatic heterocycles. The van der Waals surface area contributed by atoms with Gasteiger partial charge in [0.05, 0.1) is 12.8 Å². The van der Waals surface area contributed by atoms with Gasteiger partial charge in [0.2, 0.25) is 5.91 Å². The number of carbonyl (C=O) groups is 1. The summed E-state index contributed by atoms with van der Waals surface area (Å²) in [6, 6.07) is 6.83. The number of carbonyl (C=O) groups excluding carboxylic acids is 1. The average Bonchev–Trinajstić information content (AvgIpc) is 2.98. The van der Waals surface area contributed by atoms with Crippen LogP contribution < -0.4 is 10.1 Å². The van der Waals surface area contributed by atoms with Gasteiger partial charge in [0.15, 0.2) is 11.5 Å². The van der Waals surface area contributed by atoms with Gasteiger partial charge in [-0.05, 0) is 30.7 Å². The quantitative estimate of drug-likeness (QED) is 0.750. The van der Waals surface area contributed by atoms with Crippen molar-refractivity contribution in [3.05, 3.63) is 53.5 Å². The van der Waals surface area contributed by atoms with Crippen LogP contribution in [-0.4, -0.2) is 37.9 Å². The first-order chi connectivity index (χ1) is 12.6. The van der Waals surface area contributed by atoms with Crippen LogP contribution in [0.15, 0.2) is 36.7 Å². The number of rotatable bonds is 3. The SMILES string of the molecule is COc1cc([C@H]2CC(=O)Nc3c2c(C)nn3-c2ncccn2)ccc1O. The fraction of sp³-hybridized carbons (Fsp3) is 0.222. The molecule has 3 heterocycles. The second kappa shape index (κ2) is 6.14. The number of aromatic hydroxyl groups is 1. The number of amides is 1. The second-order valence-corrected chi connectivity index (χ2v) is 6.04. The lowest BCUT2D eigenvalue weighted by Crippen LogP contribution is -2.25. The maximum absolute atomic E-state index is 12.4. The third-order valence-corrected chi connectivity index (χ3v) is 4.45. The molecule has 0 fully saturated rings. The number of nitrogens with one attached hydrogen (secondary N) is 1. The molecule has 2 aromatic heterocycles. The number of nitrogens with zero attached hydrogens (tertiary/aromatic N) is 4. The number of benzene rings is 1. The van der Waals surface area contributed by atoms with Crippen molar-refractivity contribution >= 4 is 11.7 Å². The number of fused-ring (bicyclic) bond motifs is 1. The van der Waals surface area contributed by atoms with Crippen molar-refractivity contribution in [2.24, 2.45) is 0 Å². The minimum absolute atomic E-state index is 0.0573. The van der Waals surface area contributed by atoms with Crippen LogP contribution in [0.25, 0.3) is 5.95 Å². The normalized spacial score (nSPS) is 16.1. The molecule has 1 aliphatic rings. The maximum Gasteiger partial charge on any atom is 0.252 e. The van der Waals surface area contributed by atoms with Crippen LogP contribution >= 0.6 is 0 Å². The van der Waals surface area contributed by atoms with E-state index in [4.69, 9.17) is 4.74 Å². The number of hydrogen-bond acceptors (Lipinski definition) is 6. The van der Waals surface area contributed by atoms with Crippen molar-refractivity contribution < 1.29 is 14.6 Å². The highest BCUT2D eigenvalue weighted by Crippen LogP contribution is 2.41. The molecule has 0 aliphatic carbocycles. The number of ether oxygens (including phenoxy) is 1. The molecule has 0 spiro atoms. The maximum atomic E-state index is 12.4. The first kappa shape index (κ1) is 16.1. The molecule has 2 N–H and O–H groups in total. The summed E-state index contributed by atoms with van der Waals surface area (Å²) < 4.78 is 6.75. The Bertz CT molecular complexity index is 984. The standard InChI is InChI=1S/C18H17N5O3/c1-10-16-12(11-4-5-13(24)14(8-11)26-2)9-15(25)21-17(16)23(22-10)18-19-6-3-7-20-18/h3-8,12,24H,9H2,1-2H3,(H,21,25)/t12-/m1/s1. The highest BCUT2D eigenvalue weighted by atomic mass is 16.5. The monoisotopic (exact) mass is 351 g/mol. The van der Waals surface area contributed by atoms with Crippen LogP contribution in [0.4, 0.5) is 5.82 Å². The summed E-state index contributed by atoms with van der Waals surface area (Å²) in [4.78, 5) is 20.8. The van der Waals surface area contributed by atoms with Gasteiger partial charge < -0.3 is 15.2 Å². The highest BCUT2D eigenvalue weighted by Gasteiger charge is 2.33. The van der Waals surface area contributed by atoms with E-state index in [0.29, 0.717) is 17.5 Å². The van der Waals surface area contributed by atoms with Crippen molar-refractivity contribution in [2.45, 2.75) is 19.3 Å². The lowest BCUT2D eigenvalue weighted by Gasteiger charge is -2.24. The molecule has 0 saturated carbocycles. The predicted octanol–water partition coefficient (Wildman–Crippen LogP) is 2.16. The number of phenols is 1. The fourth-order valence-electron chi connectivity index (χ4n) is 3.29. The van der Waals surface area contributed by atoms with Gasteiger partial charge in [0.25, 0.3) is 5.95 Å². The van der Waals surface area contributed by atoms with Crippen molar-refractivity contribution in [3.63, 3.8) is 0 Å². The molecule has 3 aromatic rings. The van der Waals surface area contributed by atoms with E-state index in [2.05, 4.69) is 20.4 Å². The number of methoxy groups -OCH3 is 1. The summed E-state index contributed by atoms with van der Waals surface area (Å²) in [5.41, 5.74) is 2.56. The van der Waals surface area contributed by atoms with Crippen LogP contribution in [-0.2, 0) is 4.79 Å². The van der Waals surface area contributed by atoms with Crippen molar-refractivity contribution in [3.8, 4) is 17.4 Å². The largest absolute Gasteiger partial charge is 0.504 e. The molecular formula is C18H17N5O3. The van der Waals surface area contributed by atoms with Gasteiger partial charge in [-0.2, -0.15) is 9.78 Å². The molecule has 0 radical (unpaired) electrons. The molecule has 0 unspecified atom stereocenters. The summed E-state index contributed by atoms with van der Waals surface area (Å²) >= 11 is 0. The summed E-state index contributed by atoms with van der Waals surface area (Å²) in [6.07, 6.45) is 3.53. The molecule has 132 valence electrons. The van der Waals surface area contributed by atoms with Gasteiger partial charge in [0.1, 0.15) is 5.82 Å². The highest BCUT2D eigenvalue weighted by molar-refractivity contribution is 5.95. The van der Waals surface area contributed by atoms with Crippen molar-refractivity contribution in [2.75, 3.05) is 12.4 Å². The molecule has 0 bridgehead atoms. The zero-order valence-electron chi connectivity index (χ0n) is 14.3. The fourth-order valence-corrected chi connectivity index (χ4v) is 3.29. The predicted molar refractivity (Wildman–Crippen MR) is 93.6 cm³/mol. The van der Waals surface area contributed by atoms with Gasteiger partial charge in [0, 0.05) is 30.3 Å². The molecule has 1 atom stereocenters. The van der Waals surface area contributed by atoms with E-state index in [1.54, 1.807) is 41.3 Å². The number of anilines is 1. The Morgan fingerprint density at radius 1 is 1.31 bits per heavy atom. The van der Waals surface area contributed by atoms with Crippen molar-refractivity contribution in [1.29, 1.82) is 0 Å². The Labute approximate surface area is 149 Å². The molecule has 8 heteroatoms. The molecule has 8 nitrogen and oxygen atoms in total. The number of hydrogen-bond donors (Lipinski definition) is 2. The molecule has 1 amide bonds. The van der Waals surface area contributed by atoms with Gasteiger partial charge in [-0.15, -0.1) is 0 Å². The molecule has 1 aromatic carbocycles. The lowest BCUT2D eigenvalue weighted by molar-refractivity contribution is -0.116. The van der Waals surface area contributed by atoms with E-state index in [1.165, 1.54) is 7.11 Å². The third kappa shape index (κ3) is 2.55. The lowest BCUT2D eigenvalue weighted by atomic mass is 9.85. The van der Waals surface area contributed by atoms with Crippen LogP contribution in [0.1, 0.15) is 29.2 Å². The second-order valence-electron chi connectivity index (χ2n) is 6.04. The number of aryl methyl sites for hydroxylation is 1.